The summed E-state index contributed by atoms with van der Waals surface area (Å²) in [6.45, 7) is 37.5. The highest BCUT2D eigenvalue weighted by Crippen LogP contribution is 2.34. The van der Waals surface area contributed by atoms with E-state index in [9.17, 15) is 8.78 Å². The molecule has 1 nitrogen and oxygen atoms in total. The lowest BCUT2D eigenvalue weighted by Gasteiger charge is -2.45. The number of likely N-dealkylation sites (N-methyl/N-ethyl adjacent to an activating group) is 1. The molecule has 0 heterocycles. The average molecular weight is 733 g/mol. The van der Waals surface area contributed by atoms with Gasteiger partial charge in [0.1, 0.15) is 17.3 Å². The van der Waals surface area contributed by atoms with Crippen LogP contribution in [0.4, 0.5) is 8.78 Å². The van der Waals surface area contributed by atoms with Gasteiger partial charge in [0.2, 0.25) is 0 Å². The van der Waals surface area contributed by atoms with Gasteiger partial charge in [-0.3, -0.25) is 4.48 Å². The Kier molecular flexibility index (Phi) is 28.5. The fraction of sp³-hybridized carbons (Fsp3) is 0.520. The third kappa shape index (κ3) is 17.6. The second-order valence-electron chi connectivity index (χ2n) is 14.3. The summed E-state index contributed by atoms with van der Waals surface area (Å²) in [7, 11) is 2.45. The highest BCUT2D eigenvalue weighted by atomic mass is 19.1. The molecule has 0 aliphatic carbocycles. The molecule has 3 rings (SSSR count). The first-order valence-corrected chi connectivity index (χ1v) is 20.6. The molecule has 298 valence electrons. The quantitative estimate of drug-likeness (QED) is 0.121. The molecule has 0 aliphatic rings. The lowest BCUT2D eigenvalue weighted by atomic mass is 9.91. The summed E-state index contributed by atoms with van der Waals surface area (Å²) in [4.78, 5) is 0. The van der Waals surface area contributed by atoms with Crippen LogP contribution >= 0.6 is 0 Å². The summed E-state index contributed by atoms with van der Waals surface area (Å²) in [6, 6.07) is 22.4. The van der Waals surface area contributed by atoms with Crippen LogP contribution in [0.3, 0.4) is 0 Å². The van der Waals surface area contributed by atoms with Gasteiger partial charge in [-0.1, -0.05) is 160 Å². The second-order valence-corrected chi connectivity index (χ2v) is 14.3. The number of aryl methyl sites for hydroxylation is 1. The van der Waals surface area contributed by atoms with Crippen LogP contribution in [-0.4, -0.2) is 24.1 Å². The van der Waals surface area contributed by atoms with Crippen LogP contribution in [-0.2, 0) is 12.8 Å². The van der Waals surface area contributed by atoms with E-state index in [-0.39, 0.29) is 11.4 Å². The van der Waals surface area contributed by atoms with Crippen molar-refractivity contribution in [2.24, 2.45) is 5.92 Å². The predicted molar refractivity (Wildman–Crippen MR) is 236 cm³/mol. The lowest BCUT2D eigenvalue weighted by Crippen LogP contribution is -2.54. The van der Waals surface area contributed by atoms with Crippen LogP contribution in [0.15, 0.2) is 96.2 Å². The van der Waals surface area contributed by atoms with E-state index in [0.717, 1.165) is 16.5 Å². The van der Waals surface area contributed by atoms with Gasteiger partial charge in [-0.15, -0.1) is 0 Å². The van der Waals surface area contributed by atoms with Crippen molar-refractivity contribution in [3.05, 3.63) is 125 Å². The lowest BCUT2D eigenvalue weighted by molar-refractivity contribution is -0.898. The van der Waals surface area contributed by atoms with E-state index in [2.05, 4.69) is 137 Å². The summed E-state index contributed by atoms with van der Waals surface area (Å²) < 4.78 is 27.3. The zero-order valence-corrected chi connectivity index (χ0v) is 37.2. The fourth-order valence-corrected chi connectivity index (χ4v) is 6.29. The van der Waals surface area contributed by atoms with Crippen molar-refractivity contribution in [1.82, 2.24) is 0 Å². The SMILES string of the molecule is C=C(C)c1ccc(-c2ccccc2)cc1.CC.CC/C=C(/C(C)=C(C)C)[N+](C)(CC)C(CCCC)C(C)C.CCC.CCc1ccc(F)c(CC)c1F. The Balaban J connectivity index is 0. The van der Waals surface area contributed by atoms with Crippen molar-refractivity contribution in [3.63, 3.8) is 0 Å². The highest BCUT2D eigenvalue weighted by molar-refractivity contribution is 5.68. The molecule has 3 aromatic rings. The average Bonchev–Trinajstić information content (AvgIpc) is 3.15. The number of hydrogen-bond acceptors (Lipinski definition) is 0. The van der Waals surface area contributed by atoms with E-state index in [4.69, 9.17) is 0 Å². The van der Waals surface area contributed by atoms with Gasteiger partial charge in [0.05, 0.1) is 19.6 Å². The summed E-state index contributed by atoms with van der Waals surface area (Å²) in [5.74, 6) is -0.0982. The zero-order chi connectivity index (χ0) is 41.1. The van der Waals surface area contributed by atoms with E-state index in [0.29, 0.717) is 30.4 Å². The maximum atomic E-state index is 13.3. The van der Waals surface area contributed by atoms with Crippen molar-refractivity contribution >= 4 is 5.57 Å². The third-order valence-corrected chi connectivity index (χ3v) is 9.58. The predicted octanol–water partition coefficient (Wildman–Crippen LogP) is 16.2. The van der Waals surface area contributed by atoms with Gasteiger partial charge in [0.15, 0.2) is 0 Å². The van der Waals surface area contributed by atoms with Gasteiger partial charge >= 0.3 is 0 Å². The first-order valence-electron chi connectivity index (χ1n) is 20.6. The first-order chi connectivity index (χ1) is 25.1. The number of quaternary nitrogens is 1. The number of hydrogen-bond donors (Lipinski definition) is 0. The van der Waals surface area contributed by atoms with Crippen molar-refractivity contribution < 1.29 is 13.3 Å². The minimum atomic E-state index is -0.438. The topological polar surface area (TPSA) is 0 Å². The van der Waals surface area contributed by atoms with E-state index < -0.39 is 5.82 Å². The van der Waals surface area contributed by atoms with E-state index >= 15 is 0 Å². The van der Waals surface area contributed by atoms with Crippen LogP contribution < -0.4 is 0 Å². The van der Waals surface area contributed by atoms with Crippen molar-refractivity contribution in [1.29, 1.82) is 0 Å². The molecule has 0 spiro atoms. The summed E-state index contributed by atoms with van der Waals surface area (Å²) in [5, 5.41) is 0. The summed E-state index contributed by atoms with van der Waals surface area (Å²) in [6.07, 6.45) is 9.81. The molecule has 2 unspecified atom stereocenters. The monoisotopic (exact) mass is 733 g/mol. The van der Waals surface area contributed by atoms with Gasteiger partial charge in [-0.25, -0.2) is 8.78 Å². The number of allylic oxidation sites excluding steroid dienone is 4. The second kappa shape index (κ2) is 29.1. The minimum absolute atomic E-state index is 0.203. The Morgan fingerprint density at radius 3 is 1.68 bits per heavy atom. The van der Waals surface area contributed by atoms with Crippen LogP contribution in [0.2, 0.25) is 0 Å². The number of halogens is 2. The molecule has 0 saturated heterocycles. The zero-order valence-electron chi connectivity index (χ0n) is 37.2. The first kappa shape index (κ1) is 51.8. The number of benzene rings is 3. The molecule has 0 bridgehead atoms. The number of unbranched alkanes of at least 4 members (excludes halogenated alkanes) is 1. The number of rotatable bonds is 13. The third-order valence-electron chi connectivity index (χ3n) is 9.58. The van der Waals surface area contributed by atoms with Gasteiger partial charge in [0.25, 0.3) is 0 Å². The Morgan fingerprint density at radius 2 is 1.28 bits per heavy atom. The molecule has 0 amide bonds. The Morgan fingerprint density at radius 1 is 0.755 bits per heavy atom. The maximum Gasteiger partial charge on any atom is 0.132 e. The molecule has 53 heavy (non-hydrogen) atoms. The van der Waals surface area contributed by atoms with Gasteiger partial charge in [-0.05, 0) is 94.7 Å². The minimum Gasteiger partial charge on any atom is -0.291 e. The molecule has 0 fully saturated rings. The van der Waals surface area contributed by atoms with E-state index in [1.165, 1.54) is 72.2 Å². The van der Waals surface area contributed by atoms with Crippen LogP contribution in [0.25, 0.3) is 16.7 Å². The largest absolute Gasteiger partial charge is 0.291 e. The molecule has 3 heteroatoms. The van der Waals surface area contributed by atoms with Crippen LogP contribution in [0.5, 0.6) is 0 Å². The van der Waals surface area contributed by atoms with Crippen molar-refractivity contribution in [3.8, 4) is 11.1 Å². The standard InChI is InChI=1S/C20H40N.C15H14.C10H12F2.C3H8.C2H6/c1-10-13-15-19(17(6)7)21(9,12-3)20(14-11-2)18(8)16(4)5;1-12(2)13-8-10-15(11-9-13)14-6-4-3-5-7-14;1-3-7-5-6-9(11)8(4-2)10(7)12;1-3-2;1-2/h14,17,19H,10-13,15H2,1-9H3;3-11H,1H2,2H3;5-6H,3-4H2,1-2H3;3H2,1-2H3;1-2H3/q+1;;;;/b20-14-;;;;. The highest BCUT2D eigenvalue weighted by Gasteiger charge is 2.37. The smallest absolute Gasteiger partial charge is 0.132 e. The van der Waals surface area contributed by atoms with Gasteiger partial charge < -0.3 is 0 Å². The number of nitrogens with zero attached hydrogens (tertiary/aromatic N) is 1. The van der Waals surface area contributed by atoms with E-state index in [1.54, 1.807) is 12.6 Å². The molecule has 0 aliphatic heterocycles. The molecule has 0 radical (unpaired) electrons. The molecular weight excluding hydrogens is 653 g/mol. The Hall–Kier alpha value is -3.30. The Bertz CT molecular complexity index is 1460. The molecular formula is C50H80F2N+. The molecule has 0 aromatic heterocycles. The fourth-order valence-electron chi connectivity index (χ4n) is 6.29. The van der Waals surface area contributed by atoms with Gasteiger partial charge in [-0.2, -0.15) is 0 Å². The van der Waals surface area contributed by atoms with Crippen LogP contribution in [0.1, 0.15) is 153 Å². The van der Waals surface area contributed by atoms with Crippen molar-refractivity contribution in [2.45, 2.75) is 155 Å². The van der Waals surface area contributed by atoms with Crippen LogP contribution in [0, 0.1) is 17.6 Å². The molecule has 0 N–H and O–H groups in total. The van der Waals surface area contributed by atoms with Crippen molar-refractivity contribution in [2.75, 3.05) is 13.6 Å². The summed E-state index contributed by atoms with van der Waals surface area (Å²) in [5.41, 5.74) is 10.1. The molecule has 3 aromatic carbocycles. The normalized spacial score (nSPS) is 12.2. The Labute approximate surface area is 327 Å². The molecule has 2 atom stereocenters. The molecule has 0 saturated carbocycles. The maximum absolute atomic E-state index is 13.3. The van der Waals surface area contributed by atoms with Gasteiger partial charge in [0, 0.05) is 23.5 Å². The van der Waals surface area contributed by atoms with E-state index in [1.807, 2.05) is 33.8 Å². The summed E-state index contributed by atoms with van der Waals surface area (Å²) >= 11 is 0.